The number of rotatable bonds is 7. The minimum atomic E-state index is -0.245. The Kier molecular flexibility index (Phi) is 5.19. The van der Waals surface area contributed by atoms with E-state index in [2.05, 4.69) is 4.98 Å². The minimum Gasteiger partial charge on any atom is -0.371 e. The smallest absolute Gasteiger partial charge is 0.161 e. The highest BCUT2D eigenvalue weighted by Gasteiger charge is 2.16. The molecule has 0 aliphatic rings. The molecule has 90 valence electrons. The molecule has 0 amide bonds. The molecule has 0 aromatic carbocycles. The Morgan fingerprint density at radius 2 is 2.31 bits per heavy atom. The van der Waals surface area contributed by atoms with Crippen molar-refractivity contribution in [2.24, 2.45) is 7.05 Å². The molecule has 1 atom stereocenters. The molecule has 1 heterocycles. The van der Waals surface area contributed by atoms with Gasteiger partial charge >= 0.3 is 0 Å². The fourth-order valence-electron chi connectivity index (χ4n) is 1.67. The lowest BCUT2D eigenvalue weighted by Gasteiger charge is -2.13. The second-order valence-electron chi connectivity index (χ2n) is 3.77. The van der Waals surface area contributed by atoms with Gasteiger partial charge in [-0.15, -0.1) is 0 Å². The Morgan fingerprint density at radius 3 is 2.81 bits per heavy atom. The van der Waals surface area contributed by atoms with Gasteiger partial charge in [-0.3, -0.25) is 4.79 Å². The molecule has 16 heavy (non-hydrogen) atoms. The van der Waals surface area contributed by atoms with Crippen molar-refractivity contribution in [2.45, 2.75) is 39.2 Å². The molecule has 1 aromatic heterocycles. The summed E-state index contributed by atoms with van der Waals surface area (Å²) in [6.07, 6.45) is 5.33. The maximum Gasteiger partial charge on any atom is 0.161 e. The monoisotopic (exact) mass is 224 g/mol. The molecule has 4 heteroatoms. The zero-order chi connectivity index (χ0) is 12.0. The van der Waals surface area contributed by atoms with Crippen molar-refractivity contribution < 1.29 is 9.53 Å². The number of carbonyl (C=O) groups is 1. The number of ether oxygens (including phenoxy) is 1. The van der Waals surface area contributed by atoms with Crippen molar-refractivity contribution in [2.75, 3.05) is 6.61 Å². The fourth-order valence-corrected chi connectivity index (χ4v) is 1.67. The van der Waals surface area contributed by atoms with Gasteiger partial charge in [-0.2, -0.15) is 0 Å². The van der Waals surface area contributed by atoms with E-state index in [0.29, 0.717) is 19.4 Å². The third-order valence-electron chi connectivity index (χ3n) is 2.61. The Morgan fingerprint density at radius 1 is 1.56 bits per heavy atom. The first kappa shape index (κ1) is 12.9. The van der Waals surface area contributed by atoms with Crippen LogP contribution in [-0.4, -0.2) is 28.0 Å². The van der Waals surface area contributed by atoms with Gasteiger partial charge in [-0.1, -0.05) is 6.92 Å². The Bertz CT molecular complexity index is 334. The minimum absolute atomic E-state index is 0.173. The van der Waals surface area contributed by atoms with Gasteiger partial charge in [0.05, 0.1) is 0 Å². The van der Waals surface area contributed by atoms with E-state index < -0.39 is 0 Å². The van der Waals surface area contributed by atoms with E-state index in [1.54, 1.807) is 6.20 Å². The van der Waals surface area contributed by atoms with Crippen LogP contribution in [0.15, 0.2) is 12.4 Å². The molecule has 1 unspecified atom stereocenters. The van der Waals surface area contributed by atoms with Crippen LogP contribution in [0.25, 0.3) is 0 Å². The van der Waals surface area contributed by atoms with E-state index >= 15 is 0 Å². The average Bonchev–Trinajstić information content (AvgIpc) is 2.68. The molecule has 1 aromatic rings. The molecule has 4 nitrogen and oxygen atoms in total. The first-order chi connectivity index (χ1) is 7.69. The maximum atomic E-state index is 11.8. The number of imidazole rings is 1. The van der Waals surface area contributed by atoms with Crippen LogP contribution in [0.5, 0.6) is 0 Å². The summed E-state index contributed by atoms with van der Waals surface area (Å²) in [5.74, 6) is 1.12. The number of aromatic nitrogens is 2. The summed E-state index contributed by atoms with van der Waals surface area (Å²) in [6, 6.07) is 0. The Balaban J connectivity index is 2.42. The SMILES string of the molecule is CCOC(CC)C(=O)CCc1nccn1C. The highest BCUT2D eigenvalue weighted by atomic mass is 16.5. The molecule has 0 saturated heterocycles. The number of hydrogen-bond donors (Lipinski definition) is 0. The molecular formula is C12H20N2O2. The van der Waals surface area contributed by atoms with Gasteiger partial charge in [0, 0.05) is 38.9 Å². The molecule has 1 rings (SSSR count). The van der Waals surface area contributed by atoms with E-state index in [-0.39, 0.29) is 11.9 Å². The molecule has 0 bridgehead atoms. The highest BCUT2D eigenvalue weighted by Crippen LogP contribution is 2.06. The largest absolute Gasteiger partial charge is 0.371 e. The summed E-state index contributed by atoms with van der Waals surface area (Å²) < 4.78 is 7.32. The number of ketones is 1. The predicted octanol–water partition coefficient (Wildman–Crippen LogP) is 1.74. The number of carbonyl (C=O) groups excluding carboxylic acids is 1. The first-order valence-electron chi connectivity index (χ1n) is 5.79. The molecule has 0 aliphatic carbocycles. The topological polar surface area (TPSA) is 44.1 Å². The van der Waals surface area contributed by atoms with Gasteiger partial charge in [0.25, 0.3) is 0 Å². The van der Waals surface area contributed by atoms with E-state index in [1.165, 1.54) is 0 Å². The number of aryl methyl sites for hydroxylation is 2. The summed E-state index contributed by atoms with van der Waals surface area (Å²) >= 11 is 0. The lowest BCUT2D eigenvalue weighted by atomic mass is 10.1. The van der Waals surface area contributed by atoms with Gasteiger partial charge in [0.1, 0.15) is 11.9 Å². The van der Waals surface area contributed by atoms with Gasteiger partial charge < -0.3 is 9.30 Å². The molecule has 0 aliphatic heterocycles. The van der Waals surface area contributed by atoms with Gasteiger partial charge in [-0.05, 0) is 13.3 Å². The van der Waals surface area contributed by atoms with Crippen LogP contribution in [-0.2, 0) is 23.0 Å². The van der Waals surface area contributed by atoms with E-state index in [0.717, 1.165) is 12.2 Å². The number of nitrogens with zero attached hydrogens (tertiary/aromatic N) is 2. The van der Waals surface area contributed by atoms with E-state index in [1.807, 2.05) is 31.7 Å². The third kappa shape index (κ3) is 3.45. The Hall–Kier alpha value is -1.16. The van der Waals surface area contributed by atoms with Crippen molar-refractivity contribution >= 4 is 5.78 Å². The fraction of sp³-hybridized carbons (Fsp3) is 0.667. The quantitative estimate of drug-likeness (QED) is 0.708. The van der Waals surface area contributed by atoms with Crippen molar-refractivity contribution in [1.29, 1.82) is 0 Å². The maximum absolute atomic E-state index is 11.8. The normalized spacial score (nSPS) is 12.7. The van der Waals surface area contributed by atoms with Crippen LogP contribution in [0.1, 0.15) is 32.5 Å². The predicted molar refractivity (Wildman–Crippen MR) is 62.2 cm³/mol. The lowest BCUT2D eigenvalue weighted by Crippen LogP contribution is -2.24. The first-order valence-corrected chi connectivity index (χ1v) is 5.79. The van der Waals surface area contributed by atoms with Crippen molar-refractivity contribution in [3.63, 3.8) is 0 Å². The Labute approximate surface area is 96.6 Å². The van der Waals surface area contributed by atoms with Crippen LogP contribution < -0.4 is 0 Å². The zero-order valence-corrected chi connectivity index (χ0v) is 10.3. The number of hydrogen-bond acceptors (Lipinski definition) is 3. The van der Waals surface area contributed by atoms with Crippen molar-refractivity contribution in [3.8, 4) is 0 Å². The summed E-state index contributed by atoms with van der Waals surface area (Å²) in [6.45, 7) is 4.47. The molecule has 0 spiro atoms. The van der Waals surface area contributed by atoms with Crippen LogP contribution in [0, 0.1) is 0 Å². The summed E-state index contributed by atoms with van der Waals surface area (Å²) in [5.41, 5.74) is 0. The molecule has 0 saturated carbocycles. The lowest BCUT2D eigenvalue weighted by molar-refractivity contribution is -0.130. The van der Waals surface area contributed by atoms with Crippen molar-refractivity contribution in [3.05, 3.63) is 18.2 Å². The van der Waals surface area contributed by atoms with Crippen LogP contribution in [0.3, 0.4) is 0 Å². The van der Waals surface area contributed by atoms with Crippen LogP contribution in [0.2, 0.25) is 0 Å². The highest BCUT2D eigenvalue weighted by molar-refractivity contribution is 5.83. The van der Waals surface area contributed by atoms with Crippen LogP contribution >= 0.6 is 0 Å². The number of Topliss-reactive ketones (excluding diaryl/α,β-unsaturated/α-hetero) is 1. The summed E-state index contributed by atoms with van der Waals surface area (Å²) in [4.78, 5) is 16.0. The molecule has 0 N–H and O–H groups in total. The molecule has 0 radical (unpaired) electrons. The summed E-state index contributed by atoms with van der Waals surface area (Å²) in [7, 11) is 1.94. The summed E-state index contributed by atoms with van der Waals surface area (Å²) in [5, 5.41) is 0. The zero-order valence-electron chi connectivity index (χ0n) is 10.3. The van der Waals surface area contributed by atoms with E-state index in [9.17, 15) is 4.79 Å². The molecule has 0 fully saturated rings. The average molecular weight is 224 g/mol. The van der Waals surface area contributed by atoms with Crippen molar-refractivity contribution in [1.82, 2.24) is 9.55 Å². The van der Waals surface area contributed by atoms with Gasteiger partial charge in [-0.25, -0.2) is 4.98 Å². The second-order valence-corrected chi connectivity index (χ2v) is 3.77. The molecular weight excluding hydrogens is 204 g/mol. The standard InChI is InChI=1S/C12H20N2O2/c1-4-11(16-5-2)10(15)6-7-12-13-8-9-14(12)3/h8-9,11H,4-7H2,1-3H3. The van der Waals surface area contributed by atoms with Crippen LogP contribution in [0.4, 0.5) is 0 Å². The van der Waals surface area contributed by atoms with Gasteiger partial charge in [0.15, 0.2) is 5.78 Å². The third-order valence-corrected chi connectivity index (χ3v) is 2.61. The van der Waals surface area contributed by atoms with Gasteiger partial charge in [0.2, 0.25) is 0 Å². The van der Waals surface area contributed by atoms with E-state index in [4.69, 9.17) is 4.74 Å². The second kappa shape index (κ2) is 6.43.